The summed E-state index contributed by atoms with van der Waals surface area (Å²) in [6.45, 7) is 4.17. The molecular formula is C8H11F3N2S3. The van der Waals surface area contributed by atoms with Crippen molar-refractivity contribution in [3.8, 4) is 0 Å². The summed E-state index contributed by atoms with van der Waals surface area (Å²) in [5.41, 5.74) is 0. The van der Waals surface area contributed by atoms with Crippen LogP contribution in [0.4, 0.5) is 13.2 Å². The van der Waals surface area contributed by atoms with Gasteiger partial charge in [0.1, 0.15) is 0 Å². The number of rotatable bonds is 5. The number of aromatic nitrogens is 2. The first-order valence-electron chi connectivity index (χ1n) is 4.54. The fourth-order valence-corrected chi connectivity index (χ4v) is 3.43. The van der Waals surface area contributed by atoms with Gasteiger partial charge >= 0.3 is 6.18 Å². The van der Waals surface area contributed by atoms with Crippen LogP contribution in [-0.4, -0.2) is 27.0 Å². The van der Waals surface area contributed by atoms with Gasteiger partial charge in [0.05, 0.1) is 0 Å². The monoisotopic (exact) mass is 288 g/mol. The first kappa shape index (κ1) is 14.1. The van der Waals surface area contributed by atoms with E-state index in [4.69, 9.17) is 0 Å². The Balaban J connectivity index is 2.36. The van der Waals surface area contributed by atoms with Gasteiger partial charge in [0.15, 0.2) is 4.34 Å². The average Bonchev–Trinajstić information content (AvgIpc) is 2.59. The average molecular weight is 288 g/mol. The molecule has 0 bridgehead atoms. The molecule has 16 heavy (non-hydrogen) atoms. The van der Waals surface area contributed by atoms with E-state index in [1.54, 1.807) is 11.8 Å². The van der Waals surface area contributed by atoms with Gasteiger partial charge < -0.3 is 0 Å². The lowest BCUT2D eigenvalue weighted by atomic mass is 10.6. The fraction of sp³-hybridized carbons (Fsp3) is 0.750. The highest BCUT2D eigenvalue weighted by Crippen LogP contribution is 2.34. The quantitative estimate of drug-likeness (QED) is 0.608. The third-order valence-corrected chi connectivity index (χ3v) is 4.88. The second-order valence-electron chi connectivity index (χ2n) is 3.14. The van der Waals surface area contributed by atoms with Crippen LogP contribution < -0.4 is 0 Å². The maximum absolute atomic E-state index is 12.2. The van der Waals surface area contributed by atoms with E-state index in [1.165, 1.54) is 11.8 Å². The van der Waals surface area contributed by atoms with Crippen LogP contribution in [0.3, 0.4) is 0 Å². The van der Waals surface area contributed by atoms with E-state index >= 15 is 0 Å². The van der Waals surface area contributed by atoms with E-state index in [0.717, 1.165) is 11.5 Å². The van der Waals surface area contributed by atoms with Crippen molar-refractivity contribution >= 4 is 34.9 Å². The van der Waals surface area contributed by atoms with Crippen molar-refractivity contribution in [3.63, 3.8) is 0 Å². The van der Waals surface area contributed by atoms with Crippen molar-refractivity contribution in [3.05, 3.63) is 5.01 Å². The van der Waals surface area contributed by atoms with Gasteiger partial charge in [-0.3, -0.25) is 0 Å². The van der Waals surface area contributed by atoms with Crippen LogP contribution in [0.25, 0.3) is 0 Å². The Hall–Kier alpha value is 0.0500. The van der Waals surface area contributed by atoms with E-state index in [-0.39, 0.29) is 0 Å². The van der Waals surface area contributed by atoms with Crippen molar-refractivity contribution in [2.45, 2.75) is 29.6 Å². The minimum absolute atomic E-state index is 0.386. The Labute approximate surface area is 104 Å². The van der Waals surface area contributed by atoms with Crippen molar-refractivity contribution < 1.29 is 13.2 Å². The van der Waals surface area contributed by atoms with Gasteiger partial charge in [-0.2, -0.15) is 24.9 Å². The summed E-state index contributed by atoms with van der Waals surface area (Å²) in [7, 11) is 0. The minimum Gasteiger partial charge on any atom is -0.164 e. The second-order valence-corrected chi connectivity index (χ2v) is 7.14. The van der Waals surface area contributed by atoms with Gasteiger partial charge in [-0.05, 0) is 5.25 Å². The lowest BCUT2D eigenvalue weighted by Gasteiger charge is -2.02. The van der Waals surface area contributed by atoms with Gasteiger partial charge in [0.2, 0.25) is 5.01 Å². The summed E-state index contributed by atoms with van der Waals surface area (Å²) in [4.78, 5) is 0. The zero-order valence-corrected chi connectivity index (χ0v) is 11.2. The predicted octanol–water partition coefficient (Wildman–Crippen LogP) is 3.79. The molecule has 0 radical (unpaired) electrons. The molecule has 92 valence electrons. The number of hydrogen-bond donors (Lipinski definition) is 0. The highest BCUT2D eigenvalue weighted by molar-refractivity contribution is 8.04. The van der Waals surface area contributed by atoms with E-state index in [2.05, 4.69) is 24.0 Å². The van der Waals surface area contributed by atoms with Crippen LogP contribution in [0, 0.1) is 0 Å². The Bertz CT molecular complexity index is 325. The largest absolute Gasteiger partial charge is 0.445 e. The molecule has 0 N–H and O–H groups in total. The first-order chi connectivity index (χ1) is 7.39. The minimum atomic E-state index is -4.37. The Morgan fingerprint density at radius 2 is 1.94 bits per heavy atom. The molecule has 0 saturated heterocycles. The van der Waals surface area contributed by atoms with E-state index in [1.807, 2.05) is 0 Å². The van der Waals surface area contributed by atoms with Crippen molar-refractivity contribution in [2.24, 2.45) is 0 Å². The van der Waals surface area contributed by atoms with Gasteiger partial charge in [-0.15, -0.1) is 10.2 Å². The van der Waals surface area contributed by atoms with Crippen molar-refractivity contribution in [1.82, 2.24) is 10.2 Å². The summed E-state index contributed by atoms with van der Waals surface area (Å²) >= 11 is 3.70. The summed E-state index contributed by atoms with van der Waals surface area (Å²) < 4.78 is 37.0. The van der Waals surface area contributed by atoms with E-state index in [9.17, 15) is 13.2 Å². The third kappa shape index (κ3) is 4.92. The predicted molar refractivity (Wildman–Crippen MR) is 63.2 cm³/mol. The molecule has 0 unspecified atom stereocenters. The van der Waals surface area contributed by atoms with Crippen molar-refractivity contribution in [2.75, 3.05) is 11.5 Å². The van der Waals surface area contributed by atoms with Crippen LogP contribution in [0.15, 0.2) is 4.34 Å². The second kappa shape index (κ2) is 6.11. The highest BCUT2D eigenvalue weighted by atomic mass is 32.2. The SMILES string of the molecule is CC(C)SCCSc1nnc(C(F)(F)F)s1. The Kier molecular flexibility index (Phi) is 5.39. The number of hydrogen-bond acceptors (Lipinski definition) is 5. The molecule has 2 nitrogen and oxygen atoms in total. The Morgan fingerprint density at radius 1 is 1.25 bits per heavy atom. The lowest BCUT2D eigenvalue weighted by Crippen LogP contribution is -2.03. The topological polar surface area (TPSA) is 25.8 Å². The van der Waals surface area contributed by atoms with E-state index < -0.39 is 11.2 Å². The van der Waals surface area contributed by atoms with Crippen molar-refractivity contribution in [1.29, 1.82) is 0 Å². The number of nitrogens with zero attached hydrogens (tertiary/aromatic N) is 2. The molecule has 0 fully saturated rings. The van der Waals surface area contributed by atoms with Crippen LogP contribution in [0.2, 0.25) is 0 Å². The molecule has 1 heterocycles. The van der Waals surface area contributed by atoms with Gasteiger partial charge in [-0.1, -0.05) is 36.9 Å². The molecule has 0 saturated carbocycles. The lowest BCUT2D eigenvalue weighted by molar-refractivity contribution is -0.138. The molecular weight excluding hydrogens is 277 g/mol. The van der Waals surface area contributed by atoms with Gasteiger partial charge in [-0.25, -0.2) is 0 Å². The number of halogens is 3. The van der Waals surface area contributed by atoms with E-state index in [0.29, 0.717) is 20.9 Å². The molecule has 0 aromatic carbocycles. The molecule has 1 aromatic rings. The zero-order chi connectivity index (χ0) is 12.2. The smallest absolute Gasteiger partial charge is 0.164 e. The zero-order valence-electron chi connectivity index (χ0n) is 8.74. The molecule has 0 aliphatic heterocycles. The number of alkyl halides is 3. The molecule has 1 rings (SSSR count). The third-order valence-electron chi connectivity index (χ3n) is 1.41. The van der Waals surface area contributed by atoms with Crippen LogP contribution in [-0.2, 0) is 6.18 Å². The molecule has 1 aromatic heterocycles. The molecule has 0 aliphatic rings. The molecule has 0 atom stereocenters. The molecule has 0 spiro atoms. The summed E-state index contributed by atoms with van der Waals surface area (Å²) in [5.74, 6) is 1.67. The molecule has 0 amide bonds. The summed E-state index contributed by atoms with van der Waals surface area (Å²) in [6.07, 6.45) is -4.37. The van der Waals surface area contributed by atoms with Crippen LogP contribution >= 0.6 is 34.9 Å². The Morgan fingerprint density at radius 3 is 2.44 bits per heavy atom. The first-order valence-corrected chi connectivity index (χ1v) is 7.40. The standard InChI is InChI=1S/C8H11F3N2S3/c1-5(2)14-3-4-15-7-13-12-6(16-7)8(9,10)11/h5H,3-4H2,1-2H3. The van der Waals surface area contributed by atoms with Crippen LogP contribution in [0.5, 0.6) is 0 Å². The highest BCUT2D eigenvalue weighted by Gasteiger charge is 2.35. The number of thioether (sulfide) groups is 2. The maximum Gasteiger partial charge on any atom is 0.445 e. The normalized spacial score (nSPS) is 12.4. The molecule has 0 aliphatic carbocycles. The maximum atomic E-state index is 12.2. The molecule has 8 heteroatoms. The summed E-state index contributed by atoms with van der Waals surface area (Å²) in [6, 6.07) is 0. The van der Waals surface area contributed by atoms with Crippen LogP contribution in [0.1, 0.15) is 18.9 Å². The summed E-state index contributed by atoms with van der Waals surface area (Å²) in [5, 5.41) is 6.29. The van der Waals surface area contributed by atoms with Gasteiger partial charge in [0, 0.05) is 11.5 Å². The fourth-order valence-electron chi connectivity index (χ4n) is 0.795. The van der Waals surface area contributed by atoms with Gasteiger partial charge in [0.25, 0.3) is 0 Å².